The zero-order valence-corrected chi connectivity index (χ0v) is 10.5. The summed E-state index contributed by atoms with van der Waals surface area (Å²) in [7, 11) is 0. The third kappa shape index (κ3) is 3.81. The number of hydrogen-bond donors (Lipinski definition) is 1. The van der Waals surface area contributed by atoms with Crippen LogP contribution in [0.2, 0.25) is 0 Å². The van der Waals surface area contributed by atoms with E-state index in [1.54, 1.807) is 0 Å². The lowest BCUT2D eigenvalue weighted by Gasteiger charge is -2.22. The van der Waals surface area contributed by atoms with Crippen LogP contribution in [0.4, 0.5) is 13.2 Å². The Labute approximate surface area is 107 Å². The van der Waals surface area contributed by atoms with Crippen molar-refractivity contribution in [3.8, 4) is 5.19 Å². The van der Waals surface area contributed by atoms with Gasteiger partial charge in [-0.3, -0.25) is 0 Å². The summed E-state index contributed by atoms with van der Waals surface area (Å²) in [6.07, 6.45) is -1.39. The number of nitrogens with zero attached hydrogens (tertiary/aromatic N) is 2. The van der Waals surface area contributed by atoms with Crippen LogP contribution in [0.1, 0.15) is 25.1 Å². The molecule has 18 heavy (non-hydrogen) atoms. The maximum absolute atomic E-state index is 12.2. The fourth-order valence-electron chi connectivity index (χ4n) is 1.87. The standard InChI is InChI=1S/C10H14F3N3OS/c11-10(12,13)8-15-9(18-16-8)17-5-3-7-2-1-4-14-6-7/h7,14H,1-6H2. The maximum atomic E-state index is 12.2. The number of piperidine rings is 1. The smallest absolute Gasteiger partial charge is 0.452 e. The molecule has 1 fully saturated rings. The highest BCUT2D eigenvalue weighted by molar-refractivity contribution is 7.07. The van der Waals surface area contributed by atoms with Gasteiger partial charge in [0.25, 0.3) is 11.0 Å². The van der Waals surface area contributed by atoms with E-state index < -0.39 is 12.0 Å². The van der Waals surface area contributed by atoms with Gasteiger partial charge in [0.1, 0.15) is 0 Å². The molecule has 1 unspecified atom stereocenters. The van der Waals surface area contributed by atoms with Crippen molar-refractivity contribution in [2.75, 3.05) is 19.7 Å². The van der Waals surface area contributed by atoms with Crippen LogP contribution in [0, 0.1) is 5.92 Å². The van der Waals surface area contributed by atoms with Gasteiger partial charge in [0, 0.05) is 11.5 Å². The Bertz CT molecular complexity index is 377. The van der Waals surface area contributed by atoms with Crippen LogP contribution in [0.15, 0.2) is 0 Å². The first-order chi connectivity index (χ1) is 8.55. The Morgan fingerprint density at radius 3 is 2.89 bits per heavy atom. The van der Waals surface area contributed by atoms with E-state index in [1.165, 1.54) is 0 Å². The summed E-state index contributed by atoms with van der Waals surface area (Å²) >= 11 is 0.644. The van der Waals surface area contributed by atoms with Crippen molar-refractivity contribution in [1.29, 1.82) is 0 Å². The summed E-state index contributed by atoms with van der Waals surface area (Å²) in [6, 6.07) is 0. The van der Waals surface area contributed by atoms with Gasteiger partial charge in [-0.2, -0.15) is 22.5 Å². The molecule has 102 valence electrons. The molecule has 4 nitrogen and oxygen atoms in total. The third-order valence-corrected chi connectivity index (χ3v) is 3.44. The van der Waals surface area contributed by atoms with E-state index >= 15 is 0 Å². The van der Waals surface area contributed by atoms with Gasteiger partial charge in [-0.25, -0.2) is 0 Å². The van der Waals surface area contributed by atoms with E-state index in [9.17, 15) is 13.2 Å². The number of ether oxygens (including phenoxy) is 1. The second kappa shape index (κ2) is 5.83. The van der Waals surface area contributed by atoms with Crippen molar-refractivity contribution in [2.45, 2.75) is 25.4 Å². The van der Waals surface area contributed by atoms with Gasteiger partial charge in [0.15, 0.2) is 0 Å². The molecule has 8 heteroatoms. The van der Waals surface area contributed by atoms with Crippen LogP contribution < -0.4 is 10.1 Å². The van der Waals surface area contributed by atoms with Crippen molar-refractivity contribution in [3.63, 3.8) is 0 Å². The minimum Gasteiger partial charge on any atom is -0.469 e. The van der Waals surface area contributed by atoms with Crippen LogP contribution in [-0.2, 0) is 6.18 Å². The number of rotatable bonds is 4. The summed E-state index contributed by atoms with van der Waals surface area (Å²) < 4.78 is 45.1. The number of halogens is 3. The lowest BCUT2D eigenvalue weighted by molar-refractivity contribution is -0.144. The van der Waals surface area contributed by atoms with Crippen LogP contribution in [0.5, 0.6) is 5.19 Å². The van der Waals surface area contributed by atoms with Crippen molar-refractivity contribution < 1.29 is 17.9 Å². The third-order valence-electron chi connectivity index (χ3n) is 2.81. The van der Waals surface area contributed by atoms with Gasteiger partial charge < -0.3 is 10.1 Å². The molecule has 1 aliphatic rings. The quantitative estimate of drug-likeness (QED) is 0.920. The Morgan fingerprint density at radius 1 is 1.44 bits per heavy atom. The second-order valence-electron chi connectivity index (χ2n) is 4.23. The van der Waals surface area contributed by atoms with E-state index in [0.29, 0.717) is 24.1 Å². The molecular formula is C10H14F3N3OS. The van der Waals surface area contributed by atoms with Gasteiger partial charge in [0.05, 0.1) is 6.61 Å². The largest absolute Gasteiger partial charge is 0.469 e. The molecule has 2 heterocycles. The van der Waals surface area contributed by atoms with Crippen molar-refractivity contribution in [2.24, 2.45) is 5.92 Å². The van der Waals surface area contributed by atoms with E-state index in [2.05, 4.69) is 14.7 Å². The normalized spacial score (nSPS) is 20.9. The fraction of sp³-hybridized carbons (Fsp3) is 0.800. The van der Waals surface area contributed by atoms with E-state index in [4.69, 9.17) is 4.74 Å². The predicted octanol–water partition coefficient (Wildman–Crippen LogP) is 2.33. The summed E-state index contributed by atoms with van der Waals surface area (Å²) in [5, 5.41) is 3.27. The Hall–Kier alpha value is -0.890. The molecule has 1 aromatic heterocycles. The van der Waals surface area contributed by atoms with Gasteiger partial charge >= 0.3 is 6.18 Å². The highest BCUT2D eigenvalue weighted by Crippen LogP contribution is 2.29. The molecule has 0 spiro atoms. The molecule has 1 aromatic rings. The van der Waals surface area contributed by atoms with Gasteiger partial charge in [-0.05, 0) is 38.3 Å². The highest BCUT2D eigenvalue weighted by Gasteiger charge is 2.36. The van der Waals surface area contributed by atoms with Crippen molar-refractivity contribution in [3.05, 3.63) is 5.82 Å². The minimum atomic E-state index is -4.49. The van der Waals surface area contributed by atoms with E-state index in [-0.39, 0.29) is 5.19 Å². The van der Waals surface area contributed by atoms with Gasteiger partial charge in [-0.15, -0.1) is 0 Å². The number of nitrogens with one attached hydrogen (secondary N) is 1. The molecule has 1 N–H and O–H groups in total. The van der Waals surface area contributed by atoms with Crippen molar-refractivity contribution in [1.82, 2.24) is 14.7 Å². The lowest BCUT2D eigenvalue weighted by Crippen LogP contribution is -2.30. The SMILES string of the molecule is FC(F)(F)c1nsc(OCCC2CCCNC2)n1. The van der Waals surface area contributed by atoms with Crippen LogP contribution in [0.3, 0.4) is 0 Å². The molecule has 2 rings (SSSR count). The van der Waals surface area contributed by atoms with Crippen LogP contribution >= 0.6 is 11.5 Å². The van der Waals surface area contributed by atoms with Crippen LogP contribution in [-0.4, -0.2) is 29.1 Å². The highest BCUT2D eigenvalue weighted by atomic mass is 32.1. The number of alkyl halides is 3. The zero-order chi connectivity index (χ0) is 13.0. The van der Waals surface area contributed by atoms with E-state index in [0.717, 1.165) is 32.4 Å². The Morgan fingerprint density at radius 2 is 2.28 bits per heavy atom. The summed E-state index contributed by atoms with van der Waals surface area (Å²) in [5.74, 6) is -0.587. The summed E-state index contributed by atoms with van der Waals surface area (Å²) in [5.41, 5.74) is 0. The molecule has 1 atom stereocenters. The average Bonchev–Trinajstić information content (AvgIpc) is 2.79. The number of hydrogen-bond acceptors (Lipinski definition) is 5. The van der Waals surface area contributed by atoms with Gasteiger partial charge in [0.2, 0.25) is 0 Å². The van der Waals surface area contributed by atoms with Gasteiger partial charge in [-0.1, -0.05) is 0 Å². The fourth-order valence-corrected chi connectivity index (χ4v) is 2.44. The molecule has 0 bridgehead atoms. The molecule has 0 saturated carbocycles. The predicted molar refractivity (Wildman–Crippen MR) is 60.6 cm³/mol. The summed E-state index contributed by atoms with van der Waals surface area (Å²) in [4.78, 5) is 3.31. The van der Waals surface area contributed by atoms with Crippen molar-refractivity contribution >= 4 is 11.5 Å². The Kier molecular flexibility index (Phi) is 4.39. The summed E-state index contributed by atoms with van der Waals surface area (Å²) in [6.45, 7) is 2.38. The Balaban J connectivity index is 1.74. The molecule has 1 saturated heterocycles. The molecular weight excluding hydrogens is 267 g/mol. The molecule has 1 aliphatic heterocycles. The molecule has 0 amide bonds. The van der Waals surface area contributed by atoms with E-state index in [1.807, 2.05) is 0 Å². The molecule has 0 aromatic carbocycles. The zero-order valence-electron chi connectivity index (χ0n) is 9.66. The second-order valence-corrected chi connectivity index (χ2v) is 4.95. The average molecular weight is 281 g/mol. The maximum Gasteiger partial charge on any atom is 0.452 e. The molecule has 0 radical (unpaired) electrons. The topological polar surface area (TPSA) is 47.0 Å². The lowest BCUT2D eigenvalue weighted by atomic mass is 9.97. The van der Waals surface area contributed by atoms with Crippen LogP contribution in [0.25, 0.3) is 0 Å². The first-order valence-electron chi connectivity index (χ1n) is 5.80. The number of aromatic nitrogens is 2. The monoisotopic (exact) mass is 281 g/mol. The first kappa shape index (κ1) is 13.5. The minimum absolute atomic E-state index is 0.00825. The molecule has 0 aliphatic carbocycles. The first-order valence-corrected chi connectivity index (χ1v) is 6.57.